The Bertz CT molecular complexity index is 704. The molecule has 0 aromatic carbocycles. The number of amides is 2. The minimum atomic E-state index is -0.101. The Labute approximate surface area is 141 Å². The van der Waals surface area contributed by atoms with Gasteiger partial charge in [-0.05, 0) is 18.9 Å². The number of nitrogens with zero attached hydrogens (tertiary/aromatic N) is 6. The average molecular weight is 329 g/mol. The molecule has 0 saturated carbocycles. The number of hydrogen-bond donors (Lipinski definition) is 1. The molecule has 1 aliphatic rings. The van der Waals surface area contributed by atoms with Crippen LogP contribution in [0.3, 0.4) is 0 Å². The lowest BCUT2D eigenvalue weighted by molar-refractivity contribution is 0.193. The van der Waals surface area contributed by atoms with E-state index in [1.54, 1.807) is 6.20 Å². The summed E-state index contributed by atoms with van der Waals surface area (Å²) >= 11 is 0. The van der Waals surface area contributed by atoms with Gasteiger partial charge in [0.15, 0.2) is 5.82 Å². The third-order valence-corrected chi connectivity index (χ3v) is 4.42. The van der Waals surface area contributed by atoms with Gasteiger partial charge in [0.25, 0.3) is 0 Å². The van der Waals surface area contributed by atoms with Gasteiger partial charge in [0.05, 0.1) is 6.20 Å². The highest BCUT2D eigenvalue weighted by Gasteiger charge is 2.26. The molecule has 0 bridgehead atoms. The number of hydrogen-bond acceptors (Lipinski definition) is 5. The number of nitrogens with one attached hydrogen (secondary N) is 1. The van der Waals surface area contributed by atoms with Crippen molar-refractivity contribution in [1.29, 1.82) is 0 Å². The standard InChI is InChI=1S/C16H23N7O/c1-21(2)15-13(10-17-11-18-15)20-16(24)23-8-5-12(6-9-23)14-4-7-19-22(14)3/h4,7,10-12H,5-6,8-9H2,1-3H3,(H,20,24). The number of piperidine rings is 1. The average Bonchev–Trinajstić information content (AvgIpc) is 3.01. The second-order valence-corrected chi connectivity index (χ2v) is 6.23. The zero-order valence-corrected chi connectivity index (χ0v) is 14.3. The second kappa shape index (κ2) is 6.86. The summed E-state index contributed by atoms with van der Waals surface area (Å²) in [6, 6.07) is 1.96. The van der Waals surface area contributed by atoms with Crippen LogP contribution in [0.5, 0.6) is 0 Å². The number of urea groups is 1. The first-order valence-electron chi connectivity index (χ1n) is 8.07. The Morgan fingerprint density at radius 1 is 1.33 bits per heavy atom. The number of likely N-dealkylation sites (tertiary alicyclic amines) is 1. The maximum atomic E-state index is 12.5. The van der Waals surface area contributed by atoms with Crippen molar-refractivity contribution in [1.82, 2.24) is 24.6 Å². The van der Waals surface area contributed by atoms with Crippen LogP contribution in [0.4, 0.5) is 16.3 Å². The van der Waals surface area contributed by atoms with Gasteiger partial charge in [0.1, 0.15) is 12.0 Å². The lowest BCUT2D eigenvalue weighted by atomic mass is 9.93. The van der Waals surface area contributed by atoms with Crippen LogP contribution in [0.1, 0.15) is 24.5 Å². The van der Waals surface area contributed by atoms with Crippen molar-refractivity contribution in [3.63, 3.8) is 0 Å². The van der Waals surface area contributed by atoms with Crippen LogP contribution in [-0.4, -0.2) is 57.9 Å². The largest absolute Gasteiger partial charge is 0.361 e. The minimum absolute atomic E-state index is 0.101. The fourth-order valence-electron chi connectivity index (χ4n) is 3.12. The van der Waals surface area contributed by atoms with E-state index in [1.165, 1.54) is 12.0 Å². The molecule has 0 atom stereocenters. The molecule has 128 valence electrons. The summed E-state index contributed by atoms with van der Waals surface area (Å²) in [6.45, 7) is 1.46. The molecule has 8 heteroatoms. The van der Waals surface area contributed by atoms with Crippen LogP contribution in [0.2, 0.25) is 0 Å². The summed E-state index contributed by atoms with van der Waals surface area (Å²) in [5.41, 5.74) is 1.86. The first-order valence-corrected chi connectivity index (χ1v) is 8.07. The van der Waals surface area contributed by atoms with E-state index in [-0.39, 0.29) is 6.03 Å². The molecule has 24 heavy (non-hydrogen) atoms. The summed E-state index contributed by atoms with van der Waals surface area (Å²) in [5, 5.41) is 7.16. The third-order valence-electron chi connectivity index (χ3n) is 4.42. The lowest BCUT2D eigenvalue weighted by Gasteiger charge is -2.32. The van der Waals surface area contributed by atoms with E-state index < -0.39 is 0 Å². The molecule has 3 rings (SSSR count). The fourth-order valence-corrected chi connectivity index (χ4v) is 3.12. The molecule has 8 nitrogen and oxygen atoms in total. The van der Waals surface area contributed by atoms with Gasteiger partial charge < -0.3 is 15.1 Å². The van der Waals surface area contributed by atoms with Gasteiger partial charge in [-0.25, -0.2) is 14.8 Å². The van der Waals surface area contributed by atoms with Crippen LogP contribution in [-0.2, 0) is 7.05 Å². The highest BCUT2D eigenvalue weighted by atomic mass is 16.2. The third kappa shape index (κ3) is 3.32. The van der Waals surface area contributed by atoms with E-state index in [2.05, 4.69) is 26.4 Å². The molecule has 3 heterocycles. The Kier molecular flexibility index (Phi) is 4.64. The molecule has 1 saturated heterocycles. The number of rotatable bonds is 3. The predicted octanol–water partition coefficient (Wildman–Crippen LogP) is 1.69. The van der Waals surface area contributed by atoms with Crippen LogP contribution in [0.25, 0.3) is 0 Å². The predicted molar refractivity (Wildman–Crippen MR) is 92.1 cm³/mol. The molecule has 2 aromatic heterocycles. The molecule has 0 radical (unpaired) electrons. The smallest absolute Gasteiger partial charge is 0.321 e. The Morgan fingerprint density at radius 3 is 2.71 bits per heavy atom. The summed E-state index contributed by atoms with van der Waals surface area (Å²) < 4.78 is 1.92. The Balaban J connectivity index is 1.61. The van der Waals surface area contributed by atoms with Crippen molar-refractivity contribution >= 4 is 17.5 Å². The van der Waals surface area contributed by atoms with Crippen molar-refractivity contribution in [2.24, 2.45) is 7.05 Å². The number of anilines is 2. The topological polar surface area (TPSA) is 79.2 Å². The number of aryl methyl sites for hydroxylation is 1. The maximum absolute atomic E-state index is 12.5. The van der Waals surface area contributed by atoms with Crippen molar-refractivity contribution in [2.75, 3.05) is 37.4 Å². The fraction of sp³-hybridized carbons (Fsp3) is 0.500. The van der Waals surface area contributed by atoms with Crippen LogP contribution < -0.4 is 10.2 Å². The van der Waals surface area contributed by atoms with Crippen LogP contribution in [0, 0.1) is 0 Å². The van der Waals surface area contributed by atoms with E-state index in [4.69, 9.17) is 0 Å². The monoisotopic (exact) mass is 329 g/mol. The van der Waals surface area contributed by atoms with Gasteiger partial charge >= 0.3 is 6.03 Å². The van der Waals surface area contributed by atoms with Crippen molar-refractivity contribution in [3.8, 4) is 0 Å². The number of aromatic nitrogens is 4. The van der Waals surface area contributed by atoms with E-state index >= 15 is 0 Å². The second-order valence-electron chi connectivity index (χ2n) is 6.23. The molecule has 2 amide bonds. The van der Waals surface area contributed by atoms with Crippen molar-refractivity contribution < 1.29 is 4.79 Å². The first kappa shape index (κ1) is 16.2. The summed E-state index contributed by atoms with van der Waals surface area (Å²) in [6.07, 6.45) is 6.82. The molecular weight excluding hydrogens is 306 g/mol. The highest BCUT2D eigenvalue weighted by Crippen LogP contribution is 2.28. The van der Waals surface area contributed by atoms with Gasteiger partial charge in [0, 0.05) is 52.0 Å². The highest BCUT2D eigenvalue weighted by molar-refractivity contribution is 5.92. The molecule has 2 aromatic rings. The first-order chi connectivity index (χ1) is 11.6. The zero-order chi connectivity index (χ0) is 17.1. The molecule has 0 aliphatic carbocycles. The zero-order valence-electron chi connectivity index (χ0n) is 14.3. The van der Waals surface area contributed by atoms with Gasteiger partial charge in [-0.2, -0.15) is 5.10 Å². The Hall–Kier alpha value is -2.64. The van der Waals surface area contributed by atoms with Crippen LogP contribution >= 0.6 is 0 Å². The van der Waals surface area contributed by atoms with Gasteiger partial charge in [-0.1, -0.05) is 0 Å². The number of carbonyl (C=O) groups excluding carboxylic acids is 1. The Morgan fingerprint density at radius 2 is 2.08 bits per heavy atom. The molecule has 0 spiro atoms. The van der Waals surface area contributed by atoms with E-state index in [0.29, 0.717) is 17.4 Å². The summed E-state index contributed by atoms with van der Waals surface area (Å²) in [4.78, 5) is 24.4. The van der Waals surface area contributed by atoms with Crippen LogP contribution in [0.15, 0.2) is 24.8 Å². The summed E-state index contributed by atoms with van der Waals surface area (Å²) in [7, 11) is 5.74. The SMILES string of the molecule is CN(C)c1ncncc1NC(=O)N1CCC(c2ccnn2C)CC1. The van der Waals surface area contributed by atoms with Gasteiger partial charge in [0.2, 0.25) is 0 Å². The normalized spacial score (nSPS) is 15.4. The summed E-state index contributed by atoms with van der Waals surface area (Å²) in [5.74, 6) is 1.15. The van der Waals surface area contributed by atoms with E-state index in [1.807, 2.05) is 41.8 Å². The van der Waals surface area contributed by atoms with Crippen molar-refractivity contribution in [3.05, 3.63) is 30.5 Å². The quantitative estimate of drug-likeness (QED) is 0.927. The lowest BCUT2D eigenvalue weighted by Crippen LogP contribution is -2.41. The van der Waals surface area contributed by atoms with E-state index in [0.717, 1.165) is 25.9 Å². The molecule has 1 fully saturated rings. The maximum Gasteiger partial charge on any atom is 0.321 e. The molecular formula is C16H23N7O. The van der Waals surface area contributed by atoms with Crippen molar-refractivity contribution in [2.45, 2.75) is 18.8 Å². The number of carbonyl (C=O) groups is 1. The van der Waals surface area contributed by atoms with E-state index in [9.17, 15) is 4.79 Å². The molecule has 1 N–H and O–H groups in total. The minimum Gasteiger partial charge on any atom is -0.361 e. The van der Waals surface area contributed by atoms with Gasteiger partial charge in [-0.3, -0.25) is 4.68 Å². The van der Waals surface area contributed by atoms with Gasteiger partial charge in [-0.15, -0.1) is 0 Å². The molecule has 1 aliphatic heterocycles. The molecule has 0 unspecified atom stereocenters.